The molecule has 1 aliphatic heterocycles. The summed E-state index contributed by atoms with van der Waals surface area (Å²) < 4.78 is 0. The van der Waals surface area contributed by atoms with E-state index in [0.717, 1.165) is 0 Å². The molecule has 6 amide bonds. The molecule has 0 bridgehead atoms. The fourth-order valence-corrected chi connectivity index (χ4v) is 6.19. The maximum absolute atomic E-state index is 13.9. The predicted molar refractivity (Wildman–Crippen MR) is 227 cm³/mol. The Bertz CT molecular complexity index is 1730. The fourth-order valence-electron chi connectivity index (χ4n) is 6.19. The van der Waals surface area contributed by atoms with E-state index in [9.17, 15) is 38.7 Å². The highest BCUT2D eigenvalue weighted by atomic mass is 16.4. The zero-order valence-corrected chi connectivity index (χ0v) is 34.4. The molecule has 1 aliphatic rings. The van der Waals surface area contributed by atoms with E-state index < -0.39 is 84.2 Å². The second-order valence-corrected chi connectivity index (χ2v) is 14.4. The highest BCUT2D eigenvalue weighted by molar-refractivity contribution is 5.96. The number of hydrogen-bond acceptors (Lipinski definition) is 11. The van der Waals surface area contributed by atoms with Gasteiger partial charge in [0.1, 0.15) is 30.2 Å². The molecule has 24 heteroatoms. The van der Waals surface area contributed by atoms with Gasteiger partial charge in [-0.15, -0.1) is 0 Å². The van der Waals surface area contributed by atoms with Crippen LogP contribution in [0.15, 0.2) is 45.3 Å². The molecule has 0 unspecified atom stereocenters. The summed E-state index contributed by atoms with van der Waals surface area (Å²) in [6.45, 7) is 1.74. The first kappa shape index (κ1) is 50.4. The van der Waals surface area contributed by atoms with Gasteiger partial charge >= 0.3 is 5.97 Å². The van der Waals surface area contributed by atoms with Crippen LogP contribution in [0.25, 0.3) is 0 Å². The number of carboxylic acid groups (broad SMARTS) is 1. The number of carbonyl (C=O) groups is 7. The Hall–Kier alpha value is -6.72. The highest BCUT2D eigenvalue weighted by Crippen LogP contribution is 2.18. The molecule has 0 saturated carbocycles. The molecule has 20 N–H and O–H groups in total. The topological polar surface area (TPSA) is 422 Å². The van der Waals surface area contributed by atoms with Crippen LogP contribution in [0, 0.1) is 0 Å². The number of amides is 6. The Morgan fingerprint density at radius 2 is 1.21 bits per heavy atom. The third-order valence-electron chi connectivity index (χ3n) is 9.40. The molecule has 61 heavy (non-hydrogen) atoms. The Balaban J connectivity index is 2.15. The summed E-state index contributed by atoms with van der Waals surface area (Å²) in [4.78, 5) is 105. The number of aliphatic imine (C=N–C) groups is 3. The van der Waals surface area contributed by atoms with E-state index in [4.69, 9.17) is 40.1 Å². The average Bonchev–Trinajstić information content (AvgIpc) is 3.71. The maximum Gasteiger partial charge on any atom is 0.326 e. The van der Waals surface area contributed by atoms with Gasteiger partial charge in [-0.05, 0) is 63.9 Å². The molecule has 0 aliphatic carbocycles. The van der Waals surface area contributed by atoms with Gasteiger partial charge < -0.3 is 76.7 Å². The van der Waals surface area contributed by atoms with Gasteiger partial charge in [0, 0.05) is 32.6 Å². The number of nitrogens with one attached hydrogen (secondary N) is 5. The van der Waals surface area contributed by atoms with E-state index in [0.29, 0.717) is 24.8 Å². The second-order valence-electron chi connectivity index (χ2n) is 14.4. The second kappa shape index (κ2) is 26.4. The van der Waals surface area contributed by atoms with E-state index in [2.05, 4.69) is 41.6 Å². The summed E-state index contributed by atoms with van der Waals surface area (Å²) in [7, 11) is 0. The van der Waals surface area contributed by atoms with Crippen molar-refractivity contribution in [1.29, 1.82) is 0 Å². The molecule has 0 aromatic heterocycles. The Morgan fingerprint density at radius 3 is 1.77 bits per heavy atom. The molecule has 1 aromatic carbocycles. The van der Waals surface area contributed by atoms with E-state index in [-0.39, 0.29) is 82.6 Å². The van der Waals surface area contributed by atoms with E-state index >= 15 is 0 Å². The number of rotatable bonds is 26. The monoisotopic (exact) mass is 858 g/mol. The van der Waals surface area contributed by atoms with Crippen LogP contribution in [-0.2, 0) is 40.0 Å². The average molecular weight is 859 g/mol. The molecule has 1 saturated heterocycles. The van der Waals surface area contributed by atoms with Crippen molar-refractivity contribution in [2.75, 3.05) is 32.7 Å². The van der Waals surface area contributed by atoms with Gasteiger partial charge in [-0.2, -0.15) is 0 Å². The number of nitrogens with zero attached hydrogens (tertiary/aromatic N) is 4. The lowest BCUT2D eigenvalue weighted by atomic mass is 10.0. The molecule has 0 radical (unpaired) electrons. The van der Waals surface area contributed by atoms with Crippen LogP contribution in [0.4, 0.5) is 0 Å². The van der Waals surface area contributed by atoms with Crippen LogP contribution in [0.3, 0.4) is 0 Å². The number of benzene rings is 1. The number of carbonyl (C=O) groups excluding carboxylic acids is 6. The van der Waals surface area contributed by atoms with Gasteiger partial charge in [0.25, 0.3) is 0 Å². The third-order valence-corrected chi connectivity index (χ3v) is 9.40. The van der Waals surface area contributed by atoms with Gasteiger partial charge in [-0.3, -0.25) is 43.7 Å². The van der Waals surface area contributed by atoms with Crippen molar-refractivity contribution in [2.24, 2.45) is 55.1 Å². The van der Waals surface area contributed by atoms with Gasteiger partial charge in [-0.1, -0.05) is 30.3 Å². The summed E-state index contributed by atoms with van der Waals surface area (Å²) in [6, 6.07) is 1.76. The van der Waals surface area contributed by atoms with E-state index in [1.165, 1.54) is 11.8 Å². The van der Waals surface area contributed by atoms with Crippen molar-refractivity contribution < 1.29 is 38.7 Å². The van der Waals surface area contributed by atoms with Crippen LogP contribution in [-0.4, -0.2) is 138 Å². The van der Waals surface area contributed by atoms with Gasteiger partial charge in [0.15, 0.2) is 17.9 Å². The molecular weight excluding hydrogens is 797 g/mol. The van der Waals surface area contributed by atoms with Crippen molar-refractivity contribution in [3.05, 3.63) is 35.9 Å². The minimum atomic E-state index is -1.34. The minimum absolute atomic E-state index is 0.0130. The van der Waals surface area contributed by atoms with Crippen LogP contribution in [0.2, 0.25) is 0 Å². The van der Waals surface area contributed by atoms with Gasteiger partial charge in [0.05, 0.1) is 12.6 Å². The molecule has 24 nitrogen and oxygen atoms in total. The first-order valence-electron chi connectivity index (χ1n) is 19.9. The van der Waals surface area contributed by atoms with Crippen LogP contribution < -0.4 is 66.7 Å². The highest BCUT2D eigenvalue weighted by Gasteiger charge is 2.36. The molecule has 0 spiro atoms. The summed E-state index contributed by atoms with van der Waals surface area (Å²) in [6.07, 6.45) is 1.88. The number of nitrogens with two attached hydrogens (primary N) is 7. The standard InChI is InChI=1S/C37H62N16O8/c1-21(49-33(59)27-14-8-18-53(27)28(54)20-48-30(56)23(38)11-5-15-45-35(39)40)29(55)52-26(19-22-9-3-2-4-10-22)32(58)50-24(12-6-16-46-36(41)42)31(57)51-25(34(60)61)13-7-17-47-37(43)44/h2-4,9-10,21,23-27H,5-8,11-20,38H2,1H3,(H,48,56)(H,49,59)(H,50,58)(H,51,57)(H,52,55)(H,60,61)(H4,39,40,45)(H4,41,42,46)(H4,43,44,47)/t21-,23-,24-,25-,26-,27-/m0/s1. The summed E-state index contributed by atoms with van der Waals surface area (Å²) in [5.74, 6) is -5.79. The SMILES string of the molecule is C[C@H](NC(=O)[C@@H]1CCCN1C(=O)CNC(=O)[C@@H](N)CCCN=C(N)N)C(=O)N[C@@H](Cc1ccccc1)C(=O)N[C@@H](CCCN=C(N)N)C(=O)N[C@@H](CCCN=C(N)N)C(=O)O. The van der Waals surface area contributed by atoms with Crippen LogP contribution in [0.5, 0.6) is 0 Å². The van der Waals surface area contributed by atoms with Crippen molar-refractivity contribution >= 4 is 59.3 Å². The lowest BCUT2D eigenvalue weighted by Gasteiger charge is -2.27. The smallest absolute Gasteiger partial charge is 0.326 e. The Kier molecular flexibility index (Phi) is 21.8. The van der Waals surface area contributed by atoms with Crippen LogP contribution in [0.1, 0.15) is 63.9 Å². The normalized spacial score (nSPS) is 15.6. The summed E-state index contributed by atoms with van der Waals surface area (Å²) in [5.41, 5.74) is 38.7. The number of aliphatic carboxylic acids is 1. The first-order valence-corrected chi connectivity index (χ1v) is 19.9. The van der Waals surface area contributed by atoms with Crippen molar-refractivity contribution in [3.63, 3.8) is 0 Å². The number of hydrogen-bond donors (Lipinski definition) is 13. The van der Waals surface area contributed by atoms with Crippen molar-refractivity contribution in [1.82, 2.24) is 31.5 Å². The quantitative estimate of drug-likeness (QED) is 0.0235. The first-order chi connectivity index (χ1) is 28.9. The molecular formula is C37H62N16O8. The zero-order chi connectivity index (χ0) is 45.5. The van der Waals surface area contributed by atoms with Crippen molar-refractivity contribution in [2.45, 2.75) is 101 Å². The fraction of sp³-hybridized carbons (Fsp3) is 0.568. The van der Waals surface area contributed by atoms with E-state index in [1.54, 1.807) is 30.3 Å². The summed E-state index contributed by atoms with van der Waals surface area (Å²) in [5, 5.41) is 22.6. The molecule has 6 atom stereocenters. The van der Waals surface area contributed by atoms with E-state index in [1.807, 2.05) is 0 Å². The number of carboxylic acids is 1. The minimum Gasteiger partial charge on any atom is -0.480 e. The Labute approximate surface area is 353 Å². The van der Waals surface area contributed by atoms with Gasteiger partial charge in [-0.25, -0.2) is 4.79 Å². The summed E-state index contributed by atoms with van der Waals surface area (Å²) >= 11 is 0. The van der Waals surface area contributed by atoms with Crippen LogP contribution >= 0.6 is 0 Å². The molecule has 1 fully saturated rings. The molecule has 1 heterocycles. The molecule has 1 aromatic rings. The largest absolute Gasteiger partial charge is 0.480 e. The van der Waals surface area contributed by atoms with Gasteiger partial charge in [0.2, 0.25) is 35.4 Å². The lowest BCUT2D eigenvalue weighted by Crippen LogP contribution is -2.58. The lowest BCUT2D eigenvalue weighted by molar-refractivity contribution is -0.142. The zero-order valence-electron chi connectivity index (χ0n) is 34.4. The number of guanidine groups is 3. The number of likely N-dealkylation sites (tertiary alicyclic amines) is 1. The Morgan fingerprint density at radius 1 is 0.705 bits per heavy atom. The third kappa shape index (κ3) is 19.3. The molecule has 338 valence electrons. The predicted octanol–water partition coefficient (Wildman–Crippen LogP) is -5.13. The maximum atomic E-state index is 13.9. The molecule has 2 rings (SSSR count). The van der Waals surface area contributed by atoms with Crippen molar-refractivity contribution in [3.8, 4) is 0 Å².